The lowest BCUT2D eigenvalue weighted by Crippen LogP contribution is -2.56. The van der Waals surface area contributed by atoms with Crippen molar-refractivity contribution in [1.29, 1.82) is 0 Å². The molecule has 0 aliphatic heterocycles. The second-order valence-corrected chi connectivity index (χ2v) is 9.04. The third-order valence-corrected chi connectivity index (χ3v) is 8.46. The van der Waals surface area contributed by atoms with Gasteiger partial charge in [0.15, 0.2) is 5.79 Å². The van der Waals surface area contributed by atoms with E-state index in [1.165, 1.54) is 0 Å². The Kier molecular flexibility index (Phi) is 4.09. The molecule has 0 spiro atoms. The van der Waals surface area contributed by atoms with Crippen LogP contribution >= 0.6 is 0 Å². The Labute approximate surface area is 145 Å². The lowest BCUT2D eigenvalue weighted by molar-refractivity contribution is -0.256. The van der Waals surface area contributed by atoms with Crippen LogP contribution in [0.3, 0.4) is 0 Å². The summed E-state index contributed by atoms with van der Waals surface area (Å²) in [5.74, 6) is 2.51. The van der Waals surface area contributed by atoms with E-state index in [9.17, 15) is 9.90 Å². The van der Waals surface area contributed by atoms with E-state index >= 15 is 0 Å². The maximum absolute atomic E-state index is 12.4. The summed E-state index contributed by atoms with van der Waals surface area (Å²) >= 11 is 0. The molecule has 4 nitrogen and oxygen atoms in total. The van der Waals surface area contributed by atoms with E-state index in [1.807, 2.05) is 0 Å². The maximum atomic E-state index is 12.4. The van der Waals surface area contributed by atoms with Gasteiger partial charge in [-0.2, -0.15) is 0 Å². The maximum Gasteiger partial charge on any atom is 0.167 e. The zero-order chi connectivity index (χ0) is 17.1. The molecule has 0 saturated heterocycles. The molecule has 0 amide bonds. The minimum absolute atomic E-state index is 0.106. The molecule has 136 valence electrons. The predicted molar refractivity (Wildman–Crippen MR) is 90.3 cm³/mol. The Morgan fingerprint density at radius 1 is 1.00 bits per heavy atom. The minimum atomic E-state index is -0.512. The Hall–Kier alpha value is -0.450. The van der Waals surface area contributed by atoms with Gasteiger partial charge in [-0.25, -0.2) is 0 Å². The molecular formula is C20H32O4. The number of rotatable bonds is 2. The van der Waals surface area contributed by atoms with E-state index in [0.29, 0.717) is 29.5 Å². The molecule has 0 heterocycles. The molecule has 0 aromatic carbocycles. The second kappa shape index (κ2) is 5.78. The van der Waals surface area contributed by atoms with Gasteiger partial charge in [0, 0.05) is 38.9 Å². The van der Waals surface area contributed by atoms with Crippen LogP contribution in [0.5, 0.6) is 0 Å². The highest BCUT2D eigenvalue weighted by Crippen LogP contribution is 2.62. The van der Waals surface area contributed by atoms with Crippen molar-refractivity contribution in [3.63, 3.8) is 0 Å². The fourth-order valence-electron chi connectivity index (χ4n) is 7.03. The standard InChI is InChI=1S/C20H32O4/c1-19-8-6-12-13-7-9-20(23-2,24-3)11-15(13)17(21)10-14(12)16(19)4-5-18(19)22/h12-17,21H,4-11H2,1-3H3/t12-,13-,14-,15-,16+,17+,19+/m1/s1. The van der Waals surface area contributed by atoms with Gasteiger partial charge in [0.1, 0.15) is 5.78 Å². The van der Waals surface area contributed by atoms with E-state index in [4.69, 9.17) is 9.47 Å². The first-order valence-corrected chi connectivity index (χ1v) is 9.76. The third-order valence-electron chi connectivity index (χ3n) is 8.46. The van der Waals surface area contributed by atoms with Crippen molar-refractivity contribution < 1.29 is 19.4 Å². The Morgan fingerprint density at radius 2 is 1.67 bits per heavy atom. The zero-order valence-electron chi connectivity index (χ0n) is 15.3. The molecule has 0 unspecified atom stereocenters. The Bertz CT molecular complexity index is 514. The van der Waals surface area contributed by atoms with Crippen LogP contribution in [0.15, 0.2) is 0 Å². The summed E-state index contributed by atoms with van der Waals surface area (Å²) in [6.07, 6.45) is 7.38. The van der Waals surface area contributed by atoms with Gasteiger partial charge in [0.25, 0.3) is 0 Å². The van der Waals surface area contributed by atoms with Crippen LogP contribution < -0.4 is 0 Å². The number of ether oxygens (including phenoxy) is 2. The predicted octanol–water partition coefficient (Wildman–Crippen LogP) is 3.17. The van der Waals surface area contributed by atoms with Gasteiger partial charge >= 0.3 is 0 Å². The van der Waals surface area contributed by atoms with E-state index in [0.717, 1.165) is 51.4 Å². The van der Waals surface area contributed by atoms with Crippen molar-refractivity contribution >= 4 is 5.78 Å². The molecule has 24 heavy (non-hydrogen) atoms. The van der Waals surface area contributed by atoms with Gasteiger partial charge < -0.3 is 14.6 Å². The number of Topliss-reactive ketones (excluding diaryl/α,β-unsaturated/α-hetero) is 1. The largest absolute Gasteiger partial charge is 0.393 e. The molecule has 7 atom stereocenters. The van der Waals surface area contributed by atoms with Crippen molar-refractivity contribution in [3.8, 4) is 0 Å². The molecule has 0 radical (unpaired) electrons. The van der Waals surface area contributed by atoms with Crippen LogP contribution in [0.4, 0.5) is 0 Å². The quantitative estimate of drug-likeness (QED) is 0.787. The average Bonchev–Trinajstić information content (AvgIpc) is 2.90. The lowest BCUT2D eigenvalue weighted by Gasteiger charge is -2.57. The molecule has 4 aliphatic carbocycles. The molecule has 1 N–H and O–H groups in total. The first kappa shape index (κ1) is 17.0. The summed E-state index contributed by atoms with van der Waals surface area (Å²) in [7, 11) is 3.44. The van der Waals surface area contributed by atoms with E-state index in [-0.39, 0.29) is 17.4 Å². The van der Waals surface area contributed by atoms with Crippen molar-refractivity contribution in [2.75, 3.05) is 14.2 Å². The van der Waals surface area contributed by atoms with E-state index in [1.54, 1.807) is 14.2 Å². The highest BCUT2D eigenvalue weighted by atomic mass is 16.7. The third kappa shape index (κ3) is 2.25. The molecule has 4 aliphatic rings. The SMILES string of the molecule is COC1(OC)CC[C@@H]2[C@H]3CC[C@]4(C)C(=O)CC[C@H]4[C@@H]3C[C@H](O)[C@@H]2C1. The van der Waals surface area contributed by atoms with Gasteiger partial charge in [0.2, 0.25) is 0 Å². The van der Waals surface area contributed by atoms with Gasteiger partial charge in [-0.15, -0.1) is 0 Å². The summed E-state index contributed by atoms with van der Waals surface area (Å²) in [5.41, 5.74) is -0.106. The number of aliphatic hydroxyl groups is 1. The molecular weight excluding hydrogens is 304 g/mol. The summed E-state index contributed by atoms with van der Waals surface area (Å²) < 4.78 is 11.4. The van der Waals surface area contributed by atoms with Crippen LogP contribution in [-0.2, 0) is 14.3 Å². The summed E-state index contributed by atoms with van der Waals surface area (Å²) in [5, 5.41) is 10.9. The highest BCUT2D eigenvalue weighted by Gasteiger charge is 2.59. The van der Waals surface area contributed by atoms with Crippen molar-refractivity contribution in [2.45, 2.75) is 70.2 Å². The van der Waals surface area contributed by atoms with Crippen LogP contribution in [0.2, 0.25) is 0 Å². The molecule has 0 bridgehead atoms. The second-order valence-electron chi connectivity index (χ2n) is 9.04. The Balaban J connectivity index is 1.58. The van der Waals surface area contributed by atoms with Crippen LogP contribution in [-0.4, -0.2) is 37.0 Å². The number of hydrogen-bond acceptors (Lipinski definition) is 4. The van der Waals surface area contributed by atoms with E-state index in [2.05, 4.69) is 6.92 Å². The summed E-state index contributed by atoms with van der Waals surface area (Å²) in [4.78, 5) is 12.4. The topological polar surface area (TPSA) is 55.8 Å². The molecule has 4 heteroatoms. The number of ketones is 1. The van der Waals surface area contributed by atoms with Crippen LogP contribution in [0, 0.1) is 35.0 Å². The van der Waals surface area contributed by atoms with Crippen molar-refractivity contribution in [2.24, 2.45) is 35.0 Å². The van der Waals surface area contributed by atoms with Gasteiger partial charge in [-0.1, -0.05) is 6.92 Å². The smallest absolute Gasteiger partial charge is 0.167 e. The van der Waals surface area contributed by atoms with Crippen LogP contribution in [0.1, 0.15) is 58.3 Å². The normalized spacial score (nSPS) is 50.1. The van der Waals surface area contributed by atoms with E-state index < -0.39 is 5.79 Å². The molecule has 4 fully saturated rings. The number of fused-ring (bicyclic) bond motifs is 5. The van der Waals surface area contributed by atoms with Crippen LogP contribution in [0.25, 0.3) is 0 Å². The first-order valence-electron chi connectivity index (χ1n) is 9.76. The number of carbonyl (C=O) groups is 1. The van der Waals surface area contributed by atoms with Crippen molar-refractivity contribution in [1.82, 2.24) is 0 Å². The van der Waals surface area contributed by atoms with Gasteiger partial charge in [0.05, 0.1) is 6.10 Å². The van der Waals surface area contributed by atoms with Gasteiger partial charge in [-0.3, -0.25) is 4.79 Å². The van der Waals surface area contributed by atoms with Crippen molar-refractivity contribution in [3.05, 3.63) is 0 Å². The summed E-state index contributed by atoms with van der Waals surface area (Å²) in [6.45, 7) is 2.20. The number of carbonyl (C=O) groups excluding carboxylic acids is 1. The minimum Gasteiger partial charge on any atom is -0.393 e. The lowest BCUT2D eigenvalue weighted by atomic mass is 9.49. The monoisotopic (exact) mass is 336 g/mol. The average molecular weight is 336 g/mol. The number of hydrogen-bond donors (Lipinski definition) is 1. The fourth-order valence-corrected chi connectivity index (χ4v) is 7.03. The molecule has 0 aromatic rings. The summed E-state index contributed by atoms with van der Waals surface area (Å²) in [6, 6.07) is 0. The first-order chi connectivity index (χ1) is 11.4. The van der Waals surface area contributed by atoms with Gasteiger partial charge in [-0.05, 0) is 61.7 Å². The molecule has 4 rings (SSSR count). The fraction of sp³-hybridized carbons (Fsp3) is 0.950. The highest BCUT2D eigenvalue weighted by molar-refractivity contribution is 5.87. The number of methoxy groups -OCH3 is 2. The molecule has 4 saturated carbocycles. The molecule has 0 aromatic heterocycles. The number of aliphatic hydroxyl groups excluding tert-OH is 1. The Morgan fingerprint density at radius 3 is 2.38 bits per heavy atom. The zero-order valence-corrected chi connectivity index (χ0v) is 15.3.